The number of carbonyl (C=O) groups is 1. The third kappa shape index (κ3) is 2.60. The Morgan fingerprint density at radius 3 is 2.33 bits per heavy atom. The largest absolute Gasteiger partial charge is 0.481 e. The SMILES string of the molecule is O=C(O)C1(Cc2ccc(F)cc2Br)Cc2ccccc2C1. The van der Waals surface area contributed by atoms with Gasteiger partial charge < -0.3 is 5.11 Å². The van der Waals surface area contributed by atoms with Gasteiger partial charge in [0, 0.05) is 4.47 Å². The van der Waals surface area contributed by atoms with Gasteiger partial charge in [-0.25, -0.2) is 4.39 Å². The summed E-state index contributed by atoms with van der Waals surface area (Å²) >= 11 is 3.33. The van der Waals surface area contributed by atoms with Gasteiger partial charge in [0.2, 0.25) is 0 Å². The molecule has 0 fully saturated rings. The summed E-state index contributed by atoms with van der Waals surface area (Å²) in [5.74, 6) is -1.13. The van der Waals surface area contributed by atoms with Crippen LogP contribution in [-0.4, -0.2) is 11.1 Å². The van der Waals surface area contributed by atoms with E-state index in [0.29, 0.717) is 23.7 Å². The number of carboxylic acid groups (broad SMARTS) is 1. The van der Waals surface area contributed by atoms with Crippen LogP contribution in [0, 0.1) is 11.2 Å². The average Bonchev–Trinajstić information content (AvgIpc) is 2.81. The van der Waals surface area contributed by atoms with E-state index in [2.05, 4.69) is 15.9 Å². The Hall–Kier alpha value is -1.68. The van der Waals surface area contributed by atoms with E-state index in [9.17, 15) is 14.3 Å². The Kier molecular flexibility index (Phi) is 3.57. The summed E-state index contributed by atoms with van der Waals surface area (Å²) in [7, 11) is 0. The quantitative estimate of drug-likeness (QED) is 0.910. The molecule has 1 N–H and O–H groups in total. The van der Waals surface area contributed by atoms with Gasteiger partial charge in [-0.05, 0) is 48.1 Å². The third-order valence-electron chi connectivity index (χ3n) is 4.17. The van der Waals surface area contributed by atoms with Gasteiger partial charge in [0.15, 0.2) is 0 Å². The summed E-state index contributed by atoms with van der Waals surface area (Å²) in [5.41, 5.74) is 2.17. The van der Waals surface area contributed by atoms with Crippen molar-refractivity contribution in [2.45, 2.75) is 19.3 Å². The molecule has 3 rings (SSSR count). The minimum Gasteiger partial charge on any atom is -0.481 e. The highest BCUT2D eigenvalue weighted by Gasteiger charge is 2.44. The van der Waals surface area contributed by atoms with Gasteiger partial charge in [0.05, 0.1) is 5.41 Å². The van der Waals surface area contributed by atoms with Crippen LogP contribution >= 0.6 is 15.9 Å². The summed E-state index contributed by atoms with van der Waals surface area (Å²) in [4.78, 5) is 11.9. The molecule has 0 heterocycles. The standard InChI is InChI=1S/C17H14BrFO2/c18-15-7-14(19)6-5-13(15)10-17(16(20)21)8-11-3-1-2-4-12(11)9-17/h1-7H,8-10H2,(H,20,21). The molecular formula is C17H14BrFO2. The molecule has 0 spiro atoms. The second kappa shape index (κ2) is 5.26. The van der Waals surface area contributed by atoms with Gasteiger partial charge in [-0.2, -0.15) is 0 Å². The van der Waals surface area contributed by atoms with Crippen molar-refractivity contribution < 1.29 is 14.3 Å². The van der Waals surface area contributed by atoms with Crippen molar-refractivity contribution in [1.82, 2.24) is 0 Å². The molecule has 0 radical (unpaired) electrons. The summed E-state index contributed by atoms with van der Waals surface area (Å²) < 4.78 is 13.8. The smallest absolute Gasteiger partial charge is 0.310 e. The molecular weight excluding hydrogens is 335 g/mol. The number of halogens is 2. The van der Waals surface area contributed by atoms with Gasteiger partial charge in [0.25, 0.3) is 0 Å². The number of hydrogen-bond acceptors (Lipinski definition) is 1. The first-order chi connectivity index (χ1) is 10.00. The molecule has 0 aliphatic heterocycles. The van der Waals surface area contributed by atoms with Crippen molar-refractivity contribution in [2.75, 3.05) is 0 Å². The molecule has 0 saturated carbocycles. The topological polar surface area (TPSA) is 37.3 Å². The molecule has 0 atom stereocenters. The third-order valence-corrected chi connectivity index (χ3v) is 4.91. The lowest BCUT2D eigenvalue weighted by molar-refractivity contribution is -0.148. The molecule has 0 amide bonds. The van der Waals surface area contributed by atoms with Crippen molar-refractivity contribution in [1.29, 1.82) is 0 Å². The second-order valence-electron chi connectivity index (χ2n) is 5.62. The van der Waals surface area contributed by atoms with E-state index in [0.717, 1.165) is 16.7 Å². The van der Waals surface area contributed by atoms with Crippen LogP contribution in [-0.2, 0) is 24.1 Å². The Bertz CT molecular complexity index is 687. The number of carboxylic acids is 1. The maximum Gasteiger partial charge on any atom is 0.310 e. The normalized spacial score (nSPS) is 15.7. The van der Waals surface area contributed by atoms with Gasteiger partial charge in [-0.15, -0.1) is 0 Å². The Morgan fingerprint density at radius 2 is 1.81 bits per heavy atom. The van der Waals surface area contributed by atoms with E-state index in [-0.39, 0.29) is 5.82 Å². The summed E-state index contributed by atoms with van der Waals surface area (Å²) in [6, 6.07) is 12.3. The van der Waals surface area contributed by atoms with Crippen molar-refractivity contribution in [3.8, 4) is 0 Å². The van der Waals surface area contributed by atoms with E-state index in [1.165, 1.54) is 12.1 Å². The Morgan fingerprint density at radius 1 is 1.19 bits per heavy atom. The molecule has 4 heteroatoms. The maximum absolute atomic E-state index is 13.2. The highest BCUT2D eigenvalue weighted by Crippen LogP contribution is 2.41. The van der Waals surface area contributed by atoms with Crippen molar-refractivity contribution in [3.05, 3.63) is 69.4 Å². The van der Waals surface area contributed by atoms with Crippen LogP contribution in [0.2, 0.25) is 0 Å². The van der Waals surface area contributed by atoms with Crippen molar-refractivity contribution in [3.63, 3.8) is 0 Å². The van der Waals surface area contributed by atoms with Crippen LogP contribution in [0.3, 0.4) is 0 Å². The number of rotatable bonds is 3. The Labute approximate surface area is 130 Å². The summed E-state index contributed by atoms with van der Waals surface area (Å²) in [6.07, 6.45) is 1.42. The van der Waals surface area contributed by atoms with Crippen LogP contribution in [0.25, 0.3) is 0 Å². The molecule has 1 aliphatic carbocycles. The van der Waals surface area contributed by atoms with E-state index in [4.69, 9.17) is 0 Å². The number of benzene rings is 2. The van der Waals surface area contributed by atoms with Crippen LogP contribution in [0.1, 0.15) is 16.7 Å². The fourth-order valence-electron chi connectivity index (χ4n) is 3.08. The minimum absolute atomic E-state index is 0.329. The highest BCUT2D eigenvalue weighted by atomic mass is 79.9. The molecule has 0 bridgehead atoms. The lowest BCUT2D eigenvalue weighted by Gasteiger charge is -2.24. The first-order valence-corrected chi connectivity index (χ1v) is 7.54. The average molecular weight is 349 g/mol. The van der Waals surface area contributed by atoms with Gasteiger partial charge in [-0.3, -0.25) is 4.79 Å². The molecule has 2 aromatic carbocycles. The predicted molar refractivity (Wildman–Crippen MR) is 81.7 cm³/mol. The highest BCUT2D eigenvalue weighted by molar-refractivity contribution is 9.10. The summed E-state index contributed by atoms with van der Waals surface area (Å²) in [6.45, 7) is 0. The van der Waals surface area contributed by atoms with Gasteiger partial charge in [0.1, 0.15) is 5.82 Å². The van der Waals surface area contributed by atoms with E-state index in [1.54, 1.807) is 6.07 Å². The lowest BCUT2D eigenvalue weighted by Crippen LogP contribution is -2.34. The fraction of sp³-hybridized carbons (Fsp3) is 0.235. The van der Waals surface area contributed by atoms with E-state index < -0.39 is 11.4 Å². The molecule has 2 nitrogen and oxygen atoms in total. The molecule has 2 aromatic rings. The molecule has 1 aliphatic rings. The molecule has 0 aromatic heterocycles. The zero-order chi connectivity index (χ0) is 15.0. The fourth-order valence-corrected chi connectivity index (χ4v) is 3.57. The maximum atomic E-state index is 13.2. The van der Waals surface area contributed by atoms with Crippen LogP contribution in [0.15, 0.2) is 46.9 Å². The zero-order valence-corrected chi connectivity index (χ0v) is 12.9. The molecule has 21 heavy (non-hydrogen) atoms. The molecule has 0 saturated heterocycles. The molecule has 0 unspecified atom stereocenters. The van der Waals surface area contributed by atoms with Crippen molar-refractivity contribution >= 4 is 21.9 Å². The zero-order valence-electron chi connectivity index (χ0n) is 11.3. The van der Waals surface area contributed by atoms with E-state index >= 15 is 0 Å². The van der Waals surface area contributed by atoms with Gasteiger partial charge in [-0.1, -0.05) is 46.3 Å². The van der Waals surface area contributed by atoms with Gasteiger partial charge >= 0.3 is 5.97 Å². The second-order valence-corrected chi connectivity index (χ2v) is 6.47. The van der Waals surface area contributed by atoms with Crippen LogP contribution in [0.5, 0.6) is 0 Å². The minimum atomic E-state index is -0.843. The monoisotopic (exact) mass is 348 g/mol. The van der Waals surface area contributed by atoms with Crippen molar-refractivity contribution in [2.24, 2.45) is 5.41 Å². The lowest BCUT2D eigenvalue weighted by atomic mass is 9.79. The number of aliphatic carboxylic acids is 1. The number of fused-ring (bicyclic) bond motifs is 1. The number of hydrogen-bond donors (Lipinski definition) is 1. The molecule has 108 valence electrons. The van der Waals surface area contributed by atoms with Crippen LogP contribution < -0.4 is 0 Å². The predicted octanol–water partition coefficient (Wildman–Crippen LogP) is 4.00. The summed E-state index contributed by atoms with van der Waals surface area (Å²) in [5, 5.41) is 9.75. The first-order valence-electron chi connectivity index (χ1n) is 6.74. The Balaban J connectivity index is 1.96. The van der Waals surface area contributed by atoms with E-state index in [1.807, 2.05) is 24.3 Å². The first kappa shape index (κ1) is 14.3. The van der Waals surface area contributed by atoms with Crippen LogP contribution in [0.4, 0.5) is 4.39 Å².